The molecular weight excluding hydrogens is 220 g/mol. The molecule has 0 radical (unpaired) electrons. The summed E-state index contributed by atoms with van der Waals surface area (Å²) < 4.78 is 0. The fourth-order valence-corrected chi connectivity index (χ4v) is 1.65. The smallest absolute Gasteiger partial charge is 0.326 e. The highest BCUT2D eigenvalue weighted by Gasteiger charge is 2.22. The van der Waals surface area contributed by atoms with Gasteiger partial charge >= 0.3 is 5.97 Å². The largest absolute Gasteiger partial charge is 0.480 e. The van der Waals surface area contributed by atoms with Gasteiger partial charge in [-0.3, -0.25) is 0 Å². The van der Waals surface area contributed by atoms with E-state index in [-0.39, 0.29) is 5.92 Å². The van der Waals surface area contributed by atoms with Gasteiger partial charge in [0.1, 0.15) is 23.8 Å². The second-order valence-electron chi connectivity index (χ2n) is 4.17. The Morgan fingerprint density at radius 2 is 2.24 bits per heavy atom. The van der Waals surface area contributed by atoms with Gasteiger partial charge in [-0.1, -0.05) is 13.8 Å². The minimum atomic E-state index is -0.887. The molecule has 0 bridgehead atoms. The lowest BCUT2D eigenvalue weighted by Crippen LogP contribution is -2.34. The van der Waals surface area contributed by atoms with E-state index in [1.54, 1.807) is 6.20 Å². The van der Waals surface area contributed by atoms with Gasteiger partial charge in [-0.25, -0.2) is 14.8 Å². The number of carboxylic acid groups (broad SMARTS) is 1. The van der Waals surface area contributed by atoms with Crippen LogP contribution in [-0.4, -0.2) is 32.1 Å². The summed E-state index contributed by atoms with van der Waals surface area (Å²) >= 11 is 0. The summed E-state index contributed by atoms with van der Waals surface area (Å²) in [6.45, 7) is 3.70. The molecule has 17 heavy (non-hydrogen) atoms. The standard InChI is InChI=1S/C11H14N4O2/c1-6(2)8(11(16)17)15-10-7-3-4-12-9(7)13-5-14-10/h3-6,8H,1-2H3,(H,16,17)(H2,12,13,14,15)/t8-/m1/s1. The minimum absolute atomic E-state index is 0.0311. The maximum absolute atomic E-state index is 11.1. The quantitative estimate of drug-likeness (QED) is 0.745. The van der Waals surface area contributed by atoms with E-state index >= 15 is 0 Å². The number of rotatable bonds is 4. The summed E-state index contributed by atoms with van der Waals surface area (Å²) in [6.07, 6.45) is 3.15. The molecule has 0 saturated heterocycles. The summed E-state index contributed by atoms with van der Waals surface area (Å²) in [6, 6.07) is 1.15. The maximum Gasteiger partial charge on any atom is 0.326 e. The van der Waals surface area contributed by atoms with Gasteiger partial charge in [-0.05, 0) is 12.0 Å². The first kappa shape index (κ1) is 11.4. The molecule has 0 aliphatic heterocycles. The van der Waals surface area contributed by atoms with Crippen LogP contribution in [0.25, 0.3) is 11.0 Å². The number of aromatic nitrogens is 3. The summed E-state index contributed by atoms with van der Waals surface area (Å²) in [5, 5.41) is 12.8. The van der Waals surface area contributed by atoms with Crippen molar-refractivity contribution in [3.63, 3.8) is 0 Å². The molecule has 0 aliphatic rings. The van der Waals surface area contributed by atoms with Crippen LogP contribution >= 0.6 is 0 Å². The molecule has 0 fully saturated rings. The molecule has 0 unspecified atom stereocenters. The van der Waals surface area contributed by atoms with Crippen molar-refractivity contribution in [2.45, 2.75) is 19.9 Å². The average molecular weight is 234 g/mol. The predicted octanol–water partition coefficient (Wildman–Crippen LogP) is 1.48. The fourth-order valence-electron chi connectivity index (χ4n) is 1.65. The van der Waals surface area contributed by atoms with Crippen molar-refractivity contribution < 1.29 is 9.90 Å². The first-order valence-corrected chi connectivity index (χ1v) is 5.37. The molecule has 2 aromatic heterocycles. The Kier molecular flexibility index (Phi) is 2.95. The van der Waals surface area contributed by atoms with E-state index < -0.39 is 12.0 Å². The van der Waals surface area contributed by atoms with E-state index in [1.807, 2.05) is 19.9 Å². The van der Waals surface area contributed by atoms with Crippen LogP contribution in [0.3, 0.4) is 0 Å². The summed E-state index contributed by atoms with van der Waals surface area (Å²) in [5.74, 6) is -0.379. The Bertz CT molecular complexity index is 535. The monoisotopic (exact) mass is 234 g/mol. The third kappa shape index (κ3) is 2.20. The highest BCUT2D eigenvalue weighted by Crippen LogP contribution is 2.19. The lowest BCUT2D eigenvalue weighted by molar-refractivity contribution is -0.138. The normalized spacial score (nSPS) is 12.9. The zero-order valence-corrected chi connectivity index (χ0v) is 9.64. The summed E-state index contributed by atoms with van der Waals surface area (Å²) in [5.41, 5.74) is 0.690. The summed E-state index contributed by atoms with van der Waals surface area (Å²) in [4.78, 5) is 22.2. The Hall–Kier alpha value is -2.11. The Morgan fingerprint density at radius 3 is 2.88 bits per heavy atom. The Labute approximate surface area is 98.1 Å². The molecule has 3 N–H and O–H groups in total. The van der Waals surface area contributed by atoms with Crippen LogP contribution in [0.5, 0.6) is 0 Å². The van der Waals surface area contributed by atoms with Crippen LogP contribution in [0.15, 0.2) is 18.6 Å². The van der Waals surface area contributed by atoms with Crippen molar-refractivity contribution in [3.05, 3.63) is 18.6 Å². The third-order valence-corrected chi connectivity index (χ3v) is 2.58. The molecule has 0 amide bonds. The van der Waals surface area contributed by atoms with Crippen LogP contribution in [-0.2, 0) is 4.79 Å². The number of H-pyrrole nitrogens is 1. The van der Waals surface area contributed by atoms with Gasteiger partial charge in [0, 0.05) is 6.20 Å². The van der Waals surface area contributed by atoms with E-state index in [0.717, 1.165) is 5.39 Å². The van der Waals surface area contributed by atoms with Gasteiger partial charge in [-0.2, -0.15) is 0 Å². The van der Waals surface area contributed by atoms with Crippen molar-refractivity contribution in [2.24, 2.45) is 5.92 Å². The van der Waals surface area contributed by atoms with Crippen molar-refractivity contribution >= 4 is 22.8 Å². The zero-order valence-electron chi connectivity index (χ0n) is 9.64. The third-order valence-electron chi connectivity index (χ3n) is 2.58. The molecule has 0 aliphatic carbocycles. The van der Waals surface area contributed by atoms with Crippen LogP contribution < -0.4 is 5.32 Å². The van der Waals surface area contributed by atoms with Gasteiger partial charge in [0.15, 0.2) is 0 Å². The van der Waals surface area contributed by atoms with Crippen LogP contribution in [0.4, 0.5) is 5.82 Å². The summed E-state index contributed by atoms with van der Waals surface area (Å²) in [7, 11) is 0. The molecule has 0 aromatic carbocycles. The second-order valence-corrected chi connectivity index (χ2v) is 4.17. The topological polar surface area (TPSA) is 90.9 Å². The van der Waals surface area contributed by atoms with Crippen LogP contribution in [0.2, 0.25) is 0 Å². The van der Waals surface area contributed by atoms with Crippen molar-refractivity contribution in [2.75, 3.05) is 5.32 Å². The molecule has 0 saturated carbocycles. The number of hydrogen-bond acceptors (Lipinski definition) is 4. The van der Waals surface area contributed by atoms with E-state index in [4.69, 9.17) is 5.11 Å². The van der Waals surface area contributed by atoms with Crippen LogP contribution in [0, 0.1) is 5.92 Å². The highest BCUT2D eigenvalue weighted by atomic mass is 16.4. The Morgan fingerprint density at radius 1 is 1.47 bits per heavy atom. The van der Waals surface area contributed by atoms with Gasteiger partial charge in [0.2, 0.25) is 0 Å². The molecular formula is C11H14N4O2. The molecule has 2 heterocycles. The maximum atomic E-state index is 11.1. The van der Waals surface area contributed by atoms with Gasteiger partial charge in [0.25, 0.3) is 0 Å². The predicted molar refractivity (Wildman–Crippen MR) is 63.8 cm³/mol. The SMILES string of the molecule is CC(C)[C@@H](Nc1ncnc2[nH]ccc12)C(=O)O. The van der Waals surface area contributed by atoms with E-state index in [1.165, 1.54) is 6.33 Å². The highest BCUT2D eigenvalue weighted by molar-refractivity contribution is 5.89. The first-order chi connectivity index (χ1) is 8.09. The number of nitrogens with one attached hydrogen (secondary N) is 2. The number of aromatic amines is 1. The molecule has 2 rings (SSSR count). The zero-order chi connectivity index (χ0) is 12.4. The first-order valence-electron chi connectivity index (χ1n) is 5.37. The van der Waals surface area contributed by atoms with Crippen molar-refractivity contribution in [3.8, 4) is 0 Å². The molecule has 1 atom stereocenters. The van der Waals surface area contributed by atoms with Crippen LogP contribution in [0.1, 0.15) is 13.8 Å². The molecule has 90 valence electrons. The Balaban J connectivity index is 2.34. The average Bonchev–Trinajstić information content (AvgIpc) is 2.73. The minimum Gasteiger partial charge on any atom is -0.480 e. The van der Waals surface area contributed by atoms with Gasteiger partial charge in [-0.15, -0.1) is 0 Å². The number of fused-ring (bicyclic) bond motifs is 1. The number of aliphatic carboxylic acids is 1. The van der Waals surface area contributed by atoms with Crippen molar-refractivity contribution in [1.29, 1.82) is 0 Å². The number of hydrogen-bond donors (Lipinski definition) is 3. The molecule has 6 heteroatoms. The molecule has 6 nitrogen and oxygen atoms in total. The number of carbonyl (C=O) groups is 1. The van der Waals surface area contributed by atoms with Gasteiger partial charge < -0.3 is 15.4 Å². The number of anilines is 1. The lowest BCUT2D eigenvalue weighted by Gasteiger charge is -2.18. The second kappa shape index (κ2) is 4.40. The van der Waals surface area contributed by atoms with Crippen molar-refractivity contribution in [1.82, 2.24) is 15.0 Å². The lowest BCUT2D eigenvalue weighted by atomic mass is 10.0. The molecule has 2 aromatic rings. The van der Waals surface area contributed by atoms with E-state index in [2.05, 4.69) is 20.3 Å². The van der Waals surface area contributed by atoms with Gasteiger partial charge in [0.05, 0.1) is 5.39 Å². The fraction of sp³-hybridized carbons (Fsp3) is 0.364. The number of nitrogens with zero attached hydrogens (tertiary/aromatic N) is 2. The molecule has 0 spiro atoms. The number of carboxylic acids is 1. The van der Waals surface area contributed by atoms with E-state index in [9.17, 15) is 4.79 Å². The van der Waals surface area contributed by atoms with E-state index in [0.29, 0.717) is 11.5 Å².